The van der Waals surface area contributed by atoms with Crippen molar-refractivity contribution in [2.24, 2.45) is 5.92 Å². The molecule has 1 aromatic carbocycles. The fourth-order valence-electron chi connectivity index (χ4n) is 2.74. The standard InChI is InChI=1S/C18H22F3NO3/c1-17(2,3)25-16(24)22-9-7-12(8-10-22)15(23)13-5-4-6-14(11-13)18(19,20)21/h4-6,11-12H,7-10H2,1-3H3. The molecular formula is C18H22F3NO3. The Morgan fingerprint density at radius 3 is 2.24 bits per heavy atom. The molecule has 138 valence electrons. The molecule has 1 aliphatic rings. The monoisotopic (exact) mass is 357 g/mol. The Morgan fingerprint density at radius 2 is 1.72 bits per heavy atom. The number of amides is 1. The molecule has 0 bridgehead atoms. The third kappa shape index (κ3) is 5.21. The number of ketones is 1. The lowest BCUT2D eigenvalue weighted by Crippen LogP contribution is -2.43. The number of hydrogen-bond acceptors (Lipinski definition) is 3. The molecule has 1 aliphatic heterocycles. The molecular weight excluding hydrogens is 335 g/mol. The van der Waals surface area contributed by atoms with E-state index in [-0.39, 0.29) is 17.3 Å². The second-order valence-corrected chi connectivity index (χ2v) is 7.18. The highest BCUT2D eigenvalue weighted by molar-refractivity contribution is 5.98. The molecule has 0 atom stereocenters. The summed E-state index contributed by atoms with van der Waals surface area (Å²) >= 11 is 0. The molecule has 1 fully saturated rings. The highest BCUT2D eigenvalue weighted by Gasteiger charge is 2.33. The number of Topliss-reactive ketones (excluding diaryl/α,β-unsaturated/α-hetero) is 1. The van der Waals surface area contributed by atoms with Gasteiger partial charge in [-0.15, -0.1) is 0 Å². The lowest BCUT2D eigenvalue weighted by atomic mass is 9.88. The van der Waals surface area contributed by atoms with Crippen LogP contribution >= 0.6 is 0 Å². The maximum Gasteiger partial charge on any atom is 0.416 e. The van der Waals surface area contributed by atoms with Gasteiger partial charge in [-0.25, -0.2) is 4.79 Å². The van der Waals surface area contributed by atoms with Crippen molar-refractivity contribution in [2.45, 2.75) is 45.4 Å². The van der Waals surface area contributed by atoms with E-state index in [1.807, 2.05) is 0 Å². The molecule has 1 aromatic rings. The Hall–Kier alpha value is -2.05. The molecule has 0 N–H and O–H groups in total. The average molecular weight is 357 g/mol. The van der Waals surface area contributed by atoms with Crippen molar-refractivity contribution >= 4 is 11.9 Å². The van der Waals surface area contributed by atoms with E-state index >= 15 is 0 Å². The van der Waals surface area contributed by atoms with Crippen LogP contribution in [0.25, 0.3) is 0 Å². The highest BCUT2D eigenvalue weighted by Crippen LogP contribution is 2.31. The van der Waals surface area contributed by atoms with E-state index in [4.69, 9.17) is 4.74 Å². The molecule has 0 unspecified atom stereocenters. The molecule has 1 saturated heterocycles. The van der Waals surface area contributed by atoms with Gasteiger partial charge in [0.1, 0.15) is 5.60 Å². The van der Waals surface area contributed by atoms with Crippen molar-refractivity contribution in [2.75, 3.05) is 13.1 Å². The minimum atomic E-state index is -4.48. The van der Waals surface area contributed by atoms with E-state index in [9.17, 15) is 22.8 Å². The van der Waals surface area contributed by atoms with Gasteiger partial charge in [0, 0.05) is 24.6 Å². The molecule has 2 rings (SSSR count). The first kappa shape index (κ1) is 19.3. The van der Waals surface area contributed by atoms with Gasteiger partial charge in [0.2, 0.25) is 0 Å². The second-order valence-electron chi connectivity index (χ2n) is 7.18. The van der Waals surface area contributed by atoms with Gasteiger partial charge in [-0.3, -0.25) is 4.79 Å². The van der Waals surface area contributed by atoms with Gasteiger partial charge in [0.25, 0.3) is 0 Å². The number of halogens is 3. The van der Waals surface area contributed by atoms with Crippen molar-refractivity contribution in [3.8, 4) is 0 Å². The number of nitrogens with zero attached hydrogens (tertiary/aromatic N) is 1. The number of hydrogen-bond donors (Lipinski definition) is 0. The van der Waals surface area contributed by atoms with Crippen LogP contribution in [0.4, 0.5) is 18.0 Å². The molecule has 0 aliphatic carbocycles. The van der Waals surface area contributed by atoms with Crippen molar-refractivity contribution in [3.63, 3.8) is 0 Å². The van der Waals surface area contributed by atoms with Crippen LogP contribution in [0.2, 0.25) is 0 Å². The number of likely N-dealkylation sites (tertiary alicyclic amines) is 1. The van der Waals surface area contributed by atoms with Crippen LogP contribution < -0.4 is 0 Å². The van der Waals surface area contributed by atoms with Crippen LogP contribution in [0.5, 0.6) is 0 Å². The summed E-state index contributed by atoms with van der Waals surface area (Å²) in [6.07, 6.45) is -4.09. The third-order valence-corrected chi connectivity index (χ3v) is 3.99. The van der Waals surface area contributed by atoms with E-state index in [1.165, 1.54) is 17.0 Å². The zero-order chi connectivity index (χ0) is 18.8. The number of piperidine rings is 1. The average Bonchev–Trinajstić information content (AvgIpc) is 2.52. The molecule has 4 nitrogen and oxygen atoms in total. The molecule has 1 amide bonds. The summed E-state index contributed by atoms with van der Waals surface area (Å²) in [6, 6.07) is 4.48. The zero-order valence-electron chi connectivity index (χ0n) is 14.5. The Labute approximate surface area is 144 Å². The van der Waals surface area contributed by atoms with E-state index in [1.54, 1.807) is 20.8 Å². The number of benzene rings is 1. The molecule has 0 aromatic heterocycles. The van der Waals surface area contributed by atoms with Crippen LogP contribution in [0.3, 0.4) is 0 Å². The molecule has 0 spiro atoms. The number of carbonyl (C=O) groups is 2. The Bertz CT molecular complexity index is 642. The quantitative estimate of drug-likeness (QED) is 0.730. The van der Waals surface area contributed by atoms with Gasteiger partial charge in [-0.05, 0) is 45.7 Å². The topological polar surface area (TPSA) is 46.6 Å². The fourth-order valence-corrected chi connectivity index (χ4v) is 2.74. The van der Waals surface area contributed by atoms with Gasteiger partial charge < -0.3 is 9.64 Å². The number of alkyl halides is 3. The molecule has 0 saturated carbocycles. The normalized spacial score (nSPS) is 16.6. The van der Waals surface area contributed by atoms with Crippen LogP contribution in [-0.2, 0) is 10.9 Å². The third-order valence-electron chi connectivity index (χ3n) is 3.99. The van der Waals surface area contributed by atoms with Crippen LogP contribution in [-0.4, -0.2) is 35.5 Å². The molecule has 1 heterocycles. The summed E-state index contributed by atoms with van der Waals surface area (Å²) in [5, 5.41) is 0. The lowest BCUT2D eigenvalue weighted by molar-refractivity contribution is -0.137. The molecule has 25 heavy (non-hydrogen) atoms. The van der Waals surface area contributed by atoms with Gasteiger partial charge in [0.15, 0.2) is 5.78 Å². The lowest BCUT2D eigenvalue weighted by Gasteiger charge is -2.33. The van der Waals surface area contributed by atoms with Crippen LogP contribution in [0.1, 0.15) is 49.5 Å². The summed E-state index contributed by atoms with van der Waals surface area (Å²) in [5.41, 5.74) is -1.36. The minimum Gasteiger partial charge on any atom is -0.444 e. The maximum atomic E-state index is 12.8. The summed E-state index contributed by atoms with van der Waals surface area (Å²) < 4.78 is 43.6. The van der Waals surface area contributed by atoms with E-state index in [2.05, 4.69) is 0 Å². The van der Waals surface area contributed by atoms with E-state index < -0.39 is 23.4 Å². The van der Waals surface area contributed by atoms with Gasteiger partial charge in [0.05, 0.1) is 5.56 Å². The first-order chi connectivity index (χ1) is 11.5. The summed E-state index contributed by atoms with van der Waals surface area (Å²) in [5.74, 6) is -0.697. The predicted molar refractivity (Wildman–Crippen MR) is 86.3 cm³/mol. The smallest absolute Gasteiger partial charge is 0.416 e. The fraction of sp³-hybridized carbons (Fsp3) is 0.556. The number of ether oxygens (including phenoxy) is 1. The SMILES string of the molecule is CC(C)(C)OC(=O)N1CCC(C(=O)c2cccc(C(F)(F)F)c2)CC1. The highest BCUT2D eigenvalue weighted by atomic mass is 19.4. The summed E-state index contributed by atoms with van der Waals surface area (Å²) in [7, 11) is 0. The van der Waals surface area contributed by atoms with Gasteiger partial charge in [-0.2, -0.15) is 13.2 Å². The van der Waals surface area contributed by atoms with Gasteiger partial charge in [-0.1, -0.05) is 12.1 Å². The van der Waals surface area contributed by atoms with Crippen LogP contribution in [0, 0.1) is 5.92 Å². The second kappa shape index (κ2) is 7.06. The summed E-state index contributed by atoms with van der Waals surface area (Å²) in [4.78, 5) is 26.0. The molecule has 0 radical (unpaired) electrons. The van der Waals surface area contributed by atoms with Crippen LogP contribution in [0.15, 0.2) is 24.3 Å². The first-order valence-electron chi connectivity index (χ1n) is 8.17. The Morgan fingerprint density at radius 1 is 1.12 bits per heavy atom. The Balaban J connectivity index is 1.99. The first-order valence-corrected chi connectivity index (χ1v) is 8.17. The van der Waals surface area contributed by atoms with Crippen molar-refractivity contribution in [3.05, 3.63) is 35.4 Å². The minimum absolute atomic E-state index is 0.0607. The van der Waals surface area contributed by atoms with Crippen molar-refractivity contribution in [1.82, 2.24) is 4.90 Å². The summed E-state index contributed by atoms with van der Waals surface area (Å²) in [6.45, 7) is 6.02. The van der Waals surface area contributed by atoms with E-state index in [0.717, 1.165) is 12.1 Å². The zero-order valence-corrected chi connectivity index (χ0v) is 14.5. The largest absolute Gasteiger partial charge is 0.444 e. The van der Waals surface area contributed by atoms with Gasteiger partial charge >= 0.3 is 12.3 Å². The predicted octanol–water partition coefficient (Wildman–Crippen LogP) is 4.54. The van der Waals surface area contributed by atoms with Crippen molar-refractivity contribution < 1.29 is 27.5 Å². The number of rotatable bonds is 2. The Kier molecular flexibility index (Phi) is 5.44. The number of carbonyl (C=O) groups excluding carboxylic acids is 2. The van der Waals surface area contributed by atoms with E-state index in [0.29, 0.717) is 25.9 Å². The van der Waals surface area contributed by atoms with Crippen molar-refractivity contribution in [1.29, 1.82) is 0 Å². The maximum absolute atomic E-state index is 12.8. The molecule has 7 heteroatoms.